The molecule has 0 bridgehead atoms. The summed E-state index contributed by atoms with van der Waals surface area (Å²) in [5.41, 5.74) is 5.95. The Kier molecular flexibility index (Phi) is 7.26. The molecule has 1 aromatic heterocycles. The lowest BCUT2D eigenvalue weighted by Crippen LogP contribution is -2.24. The Morgan fingerprint density at radius 1 is 0.971 bits per heavy atom. The zero-order valence-electron chi connectivity index (χ0n) is 20.0. The fraction of sp³-hybridized carbons (Fsp3) is 0.179. The van der Waals surface area contributed by atoms with E-state index in [0.717, 1.165) is 28.1 Å². The van der Waals surface area contributed by atoms with Gasteiger partial charge >= 0.3 is 0 Å². The zero-order chi connectivity index (χ0) is 24.8. The van der Waals surface area contributed by atoms with Crippen LogP contribution in [0, 0.1) is 6.92 Å². The predicted octanol–water partition coefficient (Wildman–Crippen LogP) is 4.46. The van der Waals surface area contributed by atoms with Crippen molar-refractivity contribution in [3.05, 3.63) is 101 Å². The molecule has 4 aromatic rings. The highest BCUT2D eigenvalue weighted by atomic mass is 16.5. The van der Waals surface area contributed by atoms with Crippen LogP contribution in [0.25, 0.3) is 11.3 Å². The molecule has 0 atom stereocenters. The Hall–Kier alpha value is -4.39. The molecular weight excluding hydrogens is 440 g/mol. The zero-order valence-corrected chi connectivity index (χ0v) is 20.0. The molecule has 0 saturated heterocycles. The monoisotopic (exact) mass is 468 g/mol. The lowest BCUT2D eigenvalue weighted by Gasteiger charge is -2.11. The van der Waals surface area contributed by atoms with Crippen LogP contribution in [0.3, 0.4) is 0 Å². The first-order chi connectivity index (χ1) is 17.0. The van der Waals surface area contributed by atoms with Crippen molar-refractivity contribution in [2.75, 3.05) is 19.5 Å². The average Bonchev–Trinajstić information content (AvgIpc) is 3.18. The van der Waals surface area contributed by atoms with Gasteiger partial charge in [0.05, 0.1) is 18.5 Å². The number of nitrogens with zero attached hydrogens (tertiary/aromatic N) is 2. The Balaban J connectivity index is 1.63. The number of likely N-dealkylation sites (N-methyl/N-ethyl adjacent to an activating group) is 1. The molecule has 0 aliphatic rings. The average molecular weight is 469 g/mol. The summed E-state index contributed by atoms with van der Waals surface area (Å²) in [6, 6.07) is 24.7. The van der Waals surface area contributed by atoms with Crippen LogP contribution < -0.4 is 15.4 Å². The summed E-state index contributed by atoms with van der Waals surface area (Å²) in [6.45, 7) is 2.08. The van der Waals surface area contributed by atoms with Gasteiger partial charge in [0.2, 0.25) is 5.91 Å². The normalized spacial score (nSPS) is 10.6. The van der Waals surface area contributed by atoms with E-state index in [1.807, 2.05) is 73.7 Å². The summed E-state index contributed by atoms with van der Waals surface area (Å²) in [4.78, 5) is 25.0. The summed E-state index contributed by atoms with van der Waals surface area (Å²) in [5, 5.41) is 10.3. The number of aromatic nitrogens is 2. The molecule has 0 aliphatic heterocycles. The molecule has 2 amide bonds. The van der Waals surface area contributed by atoms with Gasteiger partial charge in [0, 0.05) is 41.9 Å². The van der Waals surface area contributed by atoms with Crippen molar-refractivity contribution in [1.82, 2.24) is 15.1 Å². The number of carbonyl (C=O) groups is 2. The number of hydrogen-bond acceptors (Lipinski definition) is 4. The maximum atomic E-state index is 12.9. The second kappa shape index (κ2) is 10.7. The molecule has 4 rings (SSSR count). The van der Waals surface area contributed by atoms with E-state index in [0.29, 0.717) is 23.4 Å². The summed E-state index contributed by atoms with van der Waals surface area (Å²) in [6.07, 6.45) is 0.573. The van der Waals surface area contributed by atoms with E-state index in [9.17, 15) is 9.59 Å². The number of amides is 2. The van der Waals surface area contributed by atoms with Crippen LogP contribution in [0.4, 0.5) is 5.69 Å². The molecule has 7 heteroatoms. The molecule has 0 spiro atoms. The Morgan fingerprint density at radius 3 is 2.49 bits per heavy atom. The number of anilines is 1. The molecule has 178 valence electrons. The summed E-state index contributed by atoms with van der Waals surface area (Å²) in [7, 11) is 3.21. The van der Waals surface area contributed by atoms with Crippen LogP contribution in [0.1, 0.15) is 27.2 Å². The van der Waals surface area contributed by atoms with E-state index in [2.05, 4.69) is 15.7 Å². The third-order valence-corrected chi connectivity index (χ3v) is 5.77. The van der Waals surface area contributed by atoms with Crippen LogP contribution in [-0.2, 0) is 17.8 Å². The largest absolute Gasteiger partial charge is 0.497 e. The van der Waals surface area contributed by atoms with Gasteiger partial charge in [-0.2, -0.15) is 5.10 Å². The van der Waals surface area contributed by atoms with Crippen LogP contribution in [0.5, 0.6) is 5.75 Å². The first-order valence-electron chi connectivity index (χ1n) is 11.3. The van der Waals surface area contributed by atoms with Crippen molar-refractivity contribution < 1.29 is 14.3 Å². The number of benzene rings is 3. The Morgan fingerprint density at radius 2 is 1.74 bits per heavy atom. The molecule has 0 aliphatic carbocycles. The molecular formula is C28H28N4O3. The second-order valence-corrected chi connectivity index (χ2v) is 8.17. The smallest absolute Gasteiger partial charge is 0.255 e. The molecule has 0 unspecified atom stereocenters. The van der Waals surface area contributed by atoms with Crippen molar-refractivity contribution in [3.8, 4) is 17.0 Å². The highest BCUT2D eigenvalue weighted by Crippen LogP contribution is 2.29. The second-order valence-electron chi connectivity index (χ2n) is 8.17. The highest BCUT2D eigenvalue weighted by Gasteiger charge is 2.19. The van der Waals surface area contributed by atoms with Gasteiger partial charge in [0.1, 0.15) is 12.3 Å². The minimum Gasteiger partial charge on any atom is -0.497 e. The number of aryl methyl sites for hydroxylation is 1. The van der Waals surface area contributed by atoms with E-state index in [1.165, 1.54) is 0 Å². The highest BCUT2D eigenvalue weighted by molar-refractivity contribution is 6.04. The lowest BCUT2D eigenvalue weighted by molar-refractivity contribution is -0.121. The molecule has 2 N–H and O–H groups in total. The van der Waals surface area contributed by atoms with E-state index >= 15 is 0 Å². The molecule has 35 heavy (non-hydrogen) atoms. The van der Waals surface area contributed by atoms with Gasteiger partial charge in [0.15, 0.2) is 0 Å². The third kappa shape index (κ3) is 5.58. The number of carbonyl (C=O) groups excluding carboxylic acids is 2. The maximum Gasteiger partial charge on any atom is 0.255 e. The first kappa shape index (κ1) is 23.8. The van der Waals surface area contributed by atoms with E-state index in [1.54, 1.807) is 31.0 Å². The van der Waals surface area contributed by atoms with Crippen molar-refractivity contribution in [2.45, 2.75) is 19.9 Å². The maximum absolute atomic E-state index is 12.9. The van der Waals surface area contributed by atoms with Crippen molar-refractivity contribution >= 4 is 17.5 Å². The number of nitrogens with one attached hydrogen (secondary N) is 2. The van der Waals surface area contributed by atoms with Gasteiger partial charge < -0.3 is 15.4 Å². The van der Waals surface area contributed by atoms with Gasteiger partial charge in [-0.05, 0) is 36.8 Å². The number of rotatable bonds is 8. The Labute approximate surface area is 204 Å². The number of ether oxygens (including phenoxy) is 1. The molecule has 3 aromatic carbocycles. The molecule has 0 fully saturated rings. The molecule has 0 saturated carbocycles. The summed E-state index contributed by atoms with van der Waals surface area (Å²) >= 11 is 0. The molecule has 0 radical (unpaired) electrons. The van der Waals surface area contributed by atoms with Crippen LogP contribution >= 0.6 is 0 Å². The fourth-order valence-electron chi connectivity index (χ4n) is 4.01. The van der Waals surface area contributed by atoms with Crippen molar-refractivity contribution in [3.63, 3.8) is 0 Å². The Bertz CT molecular complexity index is 1350. The van der Waals surface area contributed by atoms with Crippen molar-refractivity contribution in [1.29, 1.82) is 0 Å². The SMILES string of the molecule is CNC(=O)Cn1nc(C)c(Cc2cccc(C(=O)Nc3cccc(OC)c3)c2)c1-c1ccccc1. The minimum absolute atomic E-state index is 0.118. The summed E-state index contributed by atoms with van der Waals surface area (Å²) in [5.74, 6) is 0.358. The van der Waals surface area contributed by atoms with Crippen LogP contribution in [-0.4, -0.2) is 35.8 Å². The number of hydrogen-bond donors (Lipinski definition) is 2. The van der Waals surface area contributed by atoms with E-state index < -0.39 is 0 Å². The van der Waals surface area contributed by atoms with Crippen molar-refractivity contribution in [2.24, 2.45) is 0 Å². The van der Waals surface area contributed by atoms with Gasteiger partial charge in [-0.25, -0.2) is 0 Å². The van der Waals surface area contributed by atoms with Crippen LogP contribution in [0.15, 0.2) is 78.9 Å². The molecule has 1 heterocycles. The van der Waals surface area contributed by atoms with Gasteiger partial charge in [-0.15, -0.1) is 0 Å². The van der Waals surface area contributed by atoms with E-state index in [4.69, 9.17) is 4.74 Å². The summed E-state index contributed by atoms with van der Waals surface area (Å²) < 4.78 is 6.98. The van der Waals surface area contributed by atoms with Gasteiger partial charge in [-0.1, -0.05) is 48.5 Å². The van der Waals surface area contributed by atoms with E-state index in [-0.39, 0.29) is 18.4 Å². The quantitative estimate of drug-likeness (QED) is 0.400. The van der Waals surface area contributed by atoms with Gasteiger partial charge in [0.25, 0.3) is 5.91 Å². The minimum atomic E-state index is -0.199. The van der Waals surface area contributed by atoms with Gasteiger partial charge in [-0.3, -0.25) is 14.3 Å². The first-order valence-corrected chi connectivity index (χ1v) is 11.3. The fourth-order valence-corrected chi connectivity index (χ4v) is 4.01. The van der Waals surface area contributed by atoms with Crippen LogP contribution in [0.2, 0.25) is 0 Å². The lowest BCUT2D eigenvalue weighted by atomic mass is 9.98. The topological polar surface area (TPSA) is 85.2 Å². The predicted molar refractivity (Wildman–Crippen MR) is 137 cm³/mol. The standard InChI is InChI=1S/C28H28N4O3/c1-19-25(27(21-10-5-4-6-11-21)32(31-19)18-26(33)29-2)16-20-9-7-12-22(15-20)28(34)30-23-13-8-14-24(17-23)35-3/h4-15,17H,16,18H2,1-3H3,(H,29,33)(H,30,34). The number of methoxy groups -OCH3 is 1. The molecule has 7 nitrogen and oxygen atoms in total. The third-order valence-electron chi connectivity index (χ3n) is 5.77.